The summed E-state index contributed by atoms with van der Waals surface area (Å²) in [5, 5.41) is 16.6. The fraction of sp³-hybridized carbons (Fsp3) is 0.455. The molecule has 0 amide bonds. The third-order valence-electron chi connectivity index (χ3n) is 1.76. The molecule has 0 atom stereocenters. The van der Waals surface area contributed by atoms with E-state index in [2.05, 4.69) is 0 Å². The number of carboxylic acids is 2. The van der Waals surface area contributed by atoms with Crippen molar-refractivity contribution in [1.82, 2.24) is 0 Å². The highest BCUT2D eigenvalue weighted by atomic mass is 16.4. The number of carbonyl (C=O) groups is 2. The second-order valence-corrected chi connectivity index (χ2v) is 3.12. The maximum Gasteiger partial charge on any atom is 0.327 e. The van der Waals surface area contributed by atoms with Crippen LogP contribution in [0, 0.1) is 0 Å². The molecule has 0 bridgehead atoms. The lowest BCUT2D eigenvalue weighted by molar-refractivity contribution is -0.132. The van der Waals surface area contributed by atoms with Gasteiger partial charge in [0, 0.05) is 12.2 Å². The van der Waals surface area contributed by atoms with Crippen LogP contribution in [0.5, 0.6) is 0 Å². The Morgan fingerprint density at radius 3 is 1.53 bits per heavy atom. The summed E-state index contributed by atoms with van der Waals surface area (Å²) >= 11 is 0. The summed E-state index contributed by atoms with van der Waals surface area (Å²) < 4.78 is 0. The Labute approximate surface area is 88.9 Å². The van der Waals surface area contributed by atoms with Crippen LogP contribution in [0.3, 0.4) is 0 Å². The molecule has 0 aromatic rings. The molecular weight excluding hydrogens is 196 g/mol. The summed E-state index contributed by atoms with van der Waals surface area (Å²) in [5.74, 6) is -1.83. The number of rotatable bonds is 8. The fourth-order valence-electron chi connectivity index (χ4n) is 1.07. The third-order valence-corrected chi connectivity index (χ3v) is 1.76. The van der Waals surface area contributed by atoms with E-state index < -0.39 is 11.9 Å². The molecule has 84 valence electrons. The number of hydrogen-bond donors (Lipinski definition) is 2. The van der Waals surface area contributed by atoms with Gasteiger partial charge in [0.2, 0.25) is 0 Å². The SMILES string of the molecule is O=C(O)C=CCCCCCC=CC(=O)O. The molecule has 0 heterocycles. The minimum Gasteiger partial charge on any atom is -0.478 e. The van der Waals surface area contributed by atoms with Crippen molar-refractivity contribution in [2.75, 3.05) is 0 Å². The Morgan fingerprint density at radius 2 is 1.20 bits per heavy atom. The van der Waals surface area contributed by atoms with Crippen molar-refractivity contribution in [1.29, 1.82) is 0 Å². The van der Waals surface area contributed by atoms with E-state index in [9.17, 15) is 9.59 Å². The first kappa shape index (κ1) is 13.4. The van der Waals surface area contributed by atoms with Crippen molar-refractivity contribution >= 4 is 11.9 Å². The minimum atomic E-state index is -0.917. The van der Waals surface area contributed by atoms with Gasteiger partial charge in [-0.1, -0.05) is 18.6 Å². The molecule has 2 N–H and O–H groups in total. The maximum absolute atomic E-state index is 10.1. The van der Waals surface area contributed by atoms with Crippen LogP contribution in [0.1, 0.15) is 32.1 Å². The number of unbranched alkanes of at least 4 members (excludes halogenated alkanes) is 4. The summed E-state index contributed by atoms with van der Waals surface area (Å²) in [6.45, 7) is 0. The average molecular weight is 212 g/mol. The number of aliphatic carboxylic acids is 2. The number of allylic oxidation sites excluding steroid dienone is 2. The van der Waals surface area contributed by atoms with Crippen molar-refractivity contribution in [3.8, 4) is 0 Å². The van der Waals surface area contributed by atoms with Crippen molar-refractivity contribution < 1.29 is 19.8 Å². The van der Waals surface area contributed by atoms with Gasteiger partial charge in [-0.2, -0.15) is 0 Å². The van der Waals surface area contributed by atoms with Gasteiger partial charge < -0.3 is 10.2 Å². The predicted octanol–water partition coefficient (Wildman–Crippen LogP) is 2.22. The topological polar surface area (TPSA) is 74.6 Å². The maximum atomic E-state index is 10.1. The molecule has 0 aromatic carbocycles. The molecule has 0 rings (SSSR count). The summed E-state index contributed by atoms with van der Waals surface area (Å²) in [6.07, 6.45) is 9.92. The molecule has 0 radical (unpaired) electrons. The van der Waals surface area contributed by atoms with E-state index in [1.807, 2.05) is 0 Å². The first-order valence-corrected chi connectivity index (χ1v) is 4.92. The van der Waals surface area contributed by atoms with Crippen LogP contribution in [0.15, 0.2) is 24.3 Å². The fourth-order valence-corrected chi connectivity index (χ4v) is 1.07. The molecule has 0 aromatic heterocycles. The van der Waals surface area contributed by atoms with E-state index in [0.29, 0.717) is 0 Å². The normalized spacial score (nSPS) is 11.2. The first-order chi connectivity index (χ1) is 7.13. The van der Waals surface area contributed by atoms with Crippen LogP contribution in [0.2, 0.25) is 0 Å². The van der Waals surface area contributed by atoms with Gasteiger partial charge in [0.15, 0.2) is 0 Å². The quantitative estimate of drug-likeness (QED) is 0.478. The Kier molecular flexibility index (Phi) is 8.05. The van der Waals surface area contributed by atoms with Crippen molar-refractivity contribution in [2.45, 2.75) is 32.1 Å². The largest absolute Gasteiger partial charge is 0.478 e. The molecule has 4 nitrogen and oxygen atoms in total. The lowest BCUT2D eigenvalue weighted by Gasteiger charge is -1.94. The van der Waals surface area contributed by atoms with Crippen LogP contribution in [-0.4, -0.2) is 22.2 Å². The molecule has 4 heteroatoms. The Bertz CT molecular complexity index is 227. The Balaban J connectivity index is 3.25. The molecule has 0 aliphatic rings. The van der Waals surface area contributed by atoms with Crippen LogP contribution in [-0.2, 0) is 9.59 Å². The summed E-state index contributed by atoms with van der Waals surface area (Å²) in [7, 11) is 0. The van der Waals surface area contributed by atoms with Gasteiger partial charge in [-0.3, -0.25) is 0 Å². The van der Waals surface area contributed by atoms with E-state index in [1.54, 1.807) is 12.2 Å². The van der Waals surface area contributed by atoms with Crippen molar-refractivity contribution in [3.05, 3.63) is 24.3 Å². The molecule has 0 spiro atoms. The van der Waals surface area contributed by atoms with Crippen molar-refractivity contribution in [2.24, 2.45) is 0 Å². The van der Waals surface area contributed by atoms with Gasteiger partial charge in [0.25, 0.3) is 0 Å². The summed E-state index contributed by atoms with van der Waals surface area (Å²) in [6, 6.07) is 0. The summed E-state index contributed by atoms with van der Waals surface area (Å²) in [5.41, 5.74) is 0. The second kappa shape index (κ2) is 8.99. The molecule has 15 heavy (non-hydrogen) atoms. The molecule has 0 aliphatic heterocycles. The standard InChI is InChI=1S/C11H16O4/c12-10(13)8-6-4-2-1-3-5-7-9-11(14)15/h6-9H,1-5H2,(H,12,13)(H,14,15). The van der Waals surface area contributed by atoms with Gasteiger partial charge in [-0.15, -0.1) is 0 Å². The first-order valence-electron chi connectivity index (χ1n) is 4.92. The molecule has 0 saturated heterocycles. The third kappa shape index (κ3) is 12.4. The highest BCUT2D eigenvalue weighted by Crippen LogP contribution is 2.04. The van der Waals surface area contributed by atoms with Crippen LogP contribution >= 0.6 is 0 Å². The van der Waals surface area contributed by atoms with E-state index >= 15 is 0 Å². The molecule has 0 aliphatic carbocycles. The van der Waals surface area contributed by atoms with Crippen molar-refractivity contribution in [3.63, 3.8) is 0 Å². The zero-order valence-electron chi connectivity index (χ0n) is 8.56. The second-order valence-electron chi connectivity index (χ2n) is 3.12. The van der Waals surface area contributed by atoms with E-state index in [0.717, 1.165) is 44.3 Å². The molecule has 0 fully saturated rings. The molecule has 0 unspecified atom stereocenters. The number of hydrogen-bond acceptors (Lipinski definition) is 2. The molecule has 0 saturated carbocycles. The molecular formula is C11H16O4. The average Bonchev–Trinajstić information content (AvgIpc) is 2.14. The van der Waals surface area contributed by atoms with Crippen LogP contribution in [0.4, 0.5) is 0 Å². The Hall–Kier alpha value is -1.58. The van der Waals surface area contributed by atoms with Crippen LogP contribution in [0.25, 0.3) is 0 Å². The van der Waals surface area contributed by atoms with Gasteiger partial charge in [-0.25, -0.2) is 9.59 Å². The van der Waals surface area contributed by atoms with E-state index in [4.69, 9.17) is 10.2 Å². The highest BCUT2D eigenvalue weighted by Gasteiger charge is 1.89. The van der Waals surface area contributed by atoms with Gasteiger partial charge in [0.05, 0.1) is 0 Å². The monoisotopic (exact) mass is 212 g/mol. The smallest absolute Gasteiger partial charge is 0.327 e. The summed E-state index contributed by atoms with van der Waals surface area (Å²) in [4.78, 5) is 20.2. The minimum absolute atomic E-state index is 0.759. The van der Waals surface area contributed by atoms with Gasteiger partial charge in [0.1, 0.15) is 0 Å². The zero-order chi connectivity index (χ0) is 11.5. The van der Waals surface area contributed by atoms with Gasteiger partial charge >= 0.3 is 11.9 Å². The lowest BCUT2D eigenvalue weighted by atomic mass is 10.1. The zero-order valence-corrected chi connectivity index (χ0v) is 8.56. The van der Waals surface area contributed by atoms with Gasteiger partial charge in [-0.05, 0) is 25.7 Å². The number of carboxylic acid groups (broad SMARTS) is 2. The highest BCUT2D eigenvalue weighted by molar-refractivity contribution is 5.79. The lowest BCUT2D eigenvalue weighted by Crippen LogP contribution is -1.86. The van der Waals surface area contributed by atoms with E-state index in [-0.39, 0.29) is 0 Å². The van der Waals surface area contributed by atoms with E-state index in [1.165, 1.54) is 0 Å². The predicted molar refractivity (Wildman–Crippen MR) is 56.6 cm³/mol. The Morgan fingerprint density at radius 1 is 0.800 bits per heavy atom. The van der Waals surface area contributed by atoms with Crippen LogP contribution < -0.4 is 0 Å².